The lowest BCUT2D eigenvalue weighted by Crippen LogP contribution is -2.18. The minimum absolute atomic E-state index is 0.117. The van der Waals surface area contributed by atoms with Crippen molar-refractivity contribution in [1.82, 2.24) is 0 Å². The Morgan fingerprint density at radius 2 is 0.650 bits per heavy atom. The first-order valence-electron chi connectivity index (χ1n) is 19.5. The normalized spacial score (nSPS) is 13.3. The molecule has 0 fully saturated rings. The predicted molar refractivity (Wildman–Crippen MR) is 235 cm³/mol. The van der Waals surface area contributed by atoms with Crippen molar-refractivity contribution in [1.29, 1.82) is 0 Å². The first-order chi connectivity index (χ1) is 29.1. The predicted octanol–water partition coefficient (Wildman–Crippen LogP) is 14.3. The number of hydrogen-bond donors (Lipinski definition) is 0. The number of fused-ring (bicyclic) bond motifs is 7. The third-order valence-electron chi connectivity index (χ3n) is 10.7. The van der Waals surface area contributed by atoms with Gasteiger partial charge in [-0.1, -0.05) is 61.8 Å². The fourth-order valence-corrected chi connectivity index (χ4v) is 7.25. The van der Waals surface area contributed by atoms with E-state index in [1.165, 1.54) is 0 Å². The molecule has 8 aromatic rings. The maximum Gasteiger partial charge on any atom is 0.193 e. The quantitative estimate of drug-likeness (QED) is 0.165. The molecule has 8 aliphatic heterocycles. The highest BCUT2D eigenvalue weighted by Gasteiger charge is 2.23. The Morgan fingerprint density at radius 1 is 0.350 bits per heavy atom. The van der Waals surface area contributed by atoms with Crippen molar-refractivity contribution in [3.05, 3.63) is 226 Å². The zero-order valence-corrected chi connectivity index (χ0v) is 33.5. The van der Waals surface area contributed by atoms with Gasteiger partial charge < -0.3 is 18.9 Å². The van der Waals surface area contributed by atoms with E-state index in [1.807, 2.05) is 66.7 Å². The molecule has 0 saturated carbocycles. The summed E-state index contributed by atoms with van der Waals surface area (Å²) in [5, 5.41) is 0.611. The monoisotopic (exact) mass is 804 g/mol. The molecule has 0 saturated heterocycles. The van der Waals surface area contributed by atoms with E-state index in [9.17, 15) is 9.59 Å². The van der Waals surface area contributed by atoms with Gasteiger partial charge in [0.1, 0.15) is 46.0 Å². The molecule has 14 bridgehead atoms. The Morgan fingerprint density at radius 3 is 1.03 bits per heavy atom. The molecule has 60 heavy (non-hydrogen) atoms. The maximum absolute atomic E-state index is 13.5. The van der Waals surface area contributed by atoms with Crippen molar-refractivity contribution in [2.24, 2.45) is 0 Å². The summed E-state index contributed by atoms with van der Waals surface area (Å²) in [6.07, 6.45) is 0. The maximum atomic E-state index is 13.5. The standard InChI is InChI=1S/C53H37ClO6/c1-53(2)39-13-27-45(28-14-39)57-42-19-5-35(6-20-42)51(55)37-9-23-44(24-10-37)59-48-31-32-50(49(33-48)34-3-17-41(54)18-4-34)60-47-25-11-38(12-26-47)52(56)36-7-21-43(22-8-36)58-46-29-15-40(53)16-30-46/h3-33H,1-2H3. The molecule has 0 unspecified atom stereocenters. The van der Waals surface area contributed by atoms with Crippen molar-refractivity contribution in [2.45, 2.75) is 19.3 Å². The van der Waals surface area contributed by atoms with Crippen LogP contribution >= 0.6 is 11.6 Å². The summed E-state index contributed by atoms with van der Waals surface area (Å²) in [5.74, 6) is 4.66. The van der Waals surface area contributed by atoms with Gasteiger partial charge in [-0.2, -0.15) is 0 Å². The number of ketones is 2. The van der Waals surface area contributed by atoms with Crippen LogP contribution in [0.5, 0.6) is 46.0 Å². The van der Waals surface area contributed by atoms with E-state index in [1.54, 1.807) is 97.1 Å². The summed E-state index contributed by atoms with van der Waals surface area (Å²) in [6.45, 7) is 4.35. The van der Waals surface area contributed by atoms with Gasteiger partial charge in [0.15, 0.2) is 11.6 Å². The highest BCUT2D eigenvalue weighted by Crippen LogP contribution is 2.39. The lowest BCUT2D eigenvalue weighted by atomic mass is 9.78. The molecule has 0 radical (unpaired) electrons. The van der Waals surface area contributed by atoms with Crippen LogP contribution in [0.4, 0.5) is 0 Å². The second-order valence-corrected chi connectivity index (χ2v) is 15.4. The Hall–Kier alpha value is -7.41. The zero-order valence-electron chi connectivity index (χ0n) is 32.7. The highest BCUT2D eigenvalue weighted by atomic mass is 35.5. The Labute approximate surface area is 353 Å². The Balaban J connectivity index is 1.04. The smallest absolute Gasteiger partial charge is 0.193 e. The second kappa shape index (κ2) is 16.1. The van der Waals surface area contributed by atoms with Crippen LogP contribution in [0.1, 0.15) is 56.8 Å². The summed E-state index contributed by atoms with van der Waals surface area (Å²) < 4.78 is 25.0. The van der Waals surface area contributed by atoms with E-state index in [4.69, 9.17) is 30.5 Å². The van der Waals surface area contributed by atoms with Crippen LogP contribution in [0.2, 0.25) is 5.02 Å². The molecule has 16 rings (SSSR count). The van der Waals surface area contributed by atoms with E-state index in [0.717, 1.165) is 22.3 Å². The average molecular weight is 805 g/mol. The summed E-state index contributed by atoms with van der Waals surface area (Å²) in [6, 6.07) is 57.5. The summed E-state index contributed by atoms with van der Waals surface area (Å²) >= 11 is 6.24. The largest absolute Gasteiger partial charge is 0.457 e. The van der Waals surface area contributed by atoms with Gasteiger partial charge in [-0.25, -0.2) is 0 Å². The molecular weight excluding hydrogens is 768 g/mol. The van der Waals surface area contributed by atoms with Gasteiger partial charge in [-0.05, 0) is 168 Å². The van der Waals surface area contributed by atoms with Crippen molar-refractivity contribution >= 4 is 23.2 Å². The van der Waals surface area contributed by atoms with Gasteiger partial charge in [0, 0.05) is 38.3 Å². The van der Waals surface area contributed by atoms with Crippen LogP contribution in [0.15, 0.2) is 188 Å². The van der Waals surface area contributed by atoms with Crippen molar-refractivity contribution in [2.75, 3.05) is 0 Å². The van der Waals surface area contributed by atoms with E-state index >= 15 is 0 Å². The zero-order chi connectivity index (χ0) is 41.2. The van der Waals surface area contributed by atoms with E-state index < -0.39 is 0 Å². The summed E-state index contributed by atoms with van der Waals surface area (Å²) in [5.41, 5.74) is 5.72. The number of rotatable bonds is 1. The van der Waals surface area contributed by atoms with Gasteiger partial charge in [-0.3, -0.25) is 9.59 Å². The van der Waals surface area contributed by atoms with Crippen LogP contribution < -0.4 is 18.9 Å². The molecule has 0 atom stereocenters. The number of carbonyl (C=O) groups is 2. The first kappa shape index (κ1) is 38.1. The highest BCUT2D eigenvalue weighted by molar-refractivity contribution is 6.30. The molecule has 0 aliphatic carbocycles. The molecular formula is C53H37ClO6. The number of ether oxygens (including phenoxy) is 4. The molecule has 0 N–H and O–H groups in total. The van der Waals surface area contributed by atoms with Crippen molar-refractivity contribution in [3.8, 4) is 57.1 Å². The fraction of sp³-hybridized carbons (Fsp3) is 0.0566. The van der Waals surface area contributed by atoms with E-state index in [-0.39, 0.29) is 17.0 Å². The molecule has 0 aromatic heterocycles. The lowest BCUT2D eigenvalue weighted by Gasteiger charge is -2.26. The summed E-state index contributed by atoms with van der Waals surface area (Å²) in [7, 11) is 0. The van der Waals surface area contributed by atoms with E-state index in [0.29, 0.717) is 73.3 Å². The Bertz CT molecular complexity index is 2810. The molecule has 292 valence electrons. The molecule has 0 spiro atoms. The van der Waals surface area contributed by atoms with Gasteiger partial charge >= 0.3 is 0 Å². The first-order valence-corrected chi connectivity index (χ1v) is 19.8. The average Bonchev–Trinajstić information content (AvgIpc) is 3.28. The molecule has 8 aromatic carbocycles. The van der Waals surface area contributed by atoms with Crippen LogP contribution in [0.25, 0.3) is 11.1 Å². The molecule has 0 amide bonds. The third kappa shape index (κ3) is 8.14. The minimum Gasteiger partial charge on any atom is -0.457 e. The lowest BCUT2D eigenvalue weighted by molar-refractivity contribution is 0.103. The van der Waals surface area contributed by atoms with Crippen LogP contribution in [-0.4, -0.2) is 11.6 Å². The van der Waals surface area contributed by atoms with Gasteiger partial charge in [0.05, 0.1) is 0 Å². The minimum atomic E-state index is -0.294. The number of carbonyl (C=O) groups excluding carboxylic acids is 2. The number of benzene rings is 8. The van der Waals surface area contributed by atoms with Crippen LogP contribution in [-0.2, 0) is 5.41 Å². The van der Waals surface area contributed by atoms with Crippen molar-refractivity contribution < 1.29 is 28.5 Å². The molecule has 6 nitrogen and oxygen atoms in total. The van der Waals surface area contributed by atoms with E-state index in [2.05, 4.69) is 38.1 Å². The van der Waals surface area contributed by atoms with Gasteiger partial charge in [0.2, 0.25) is 0 Å². The third-order valence-corrected chi connectivity index (χ3v) is 10.9. The molecule has 8 heterocycles. The second-order valence-electron chi connectivity index (χ2n) is 15.0. The summed E-state index contributed by atoms with van der Waals surface area (Å²) in [4.78, 5) is 27.0. The Kier molecular flexibility index (Phi) is 10.2. The molecule has 8 aliphatic rings. The number of hydrogen-bond acceptors (Lipinski definition) is 6. The van der Waals surface area contributed by atoms with Crippen LogP contribution in [0.3, 0.4) is 0 Å². The van der Waals surface area contributed by atoms with Gasteiger partial charge in [0.25, 0.3) is 0 Å². The topological polar surface area (TPSA) is 71.1 Å². The SMILES string of the molecule is CC1(C)c2ccc(cc2)Oc2ccc(cc2)C(=O)c2ccc(cc2)Oc2ccc(c(-c3ccc(Cl)cc3)c2)Oc2ccc(cc2)C(=O)c2ccc(cc2)Oc2ccc1cc2. The fourth-order valence-electron chi connectivity index (χ4n) is 7.13. The molecule has 7 heteroatoms. The van der Waals surface area contributed by atoms with Crippen molar-refractivity contribution in [3.63, 3.8) is 0 Å². The van der Waals surface area contributed by atoms with Gasteiger partial charge in [-0.15, -0.1) is 0 Å². The van der Waals surface area contributed by atoms with Crippen LogP contribution in [0, 0.1) is 0 Å². The number of halogens is 1.